The predicted octanol–water partition coefficient (Wildman–Crippen LogP) is 2.48. The average Bonchev–Trinajstić information content (AvgIpc) is 2.18. The summed E-state index contributed by atoms with van der Waals surface area (Å²) in [5.41, 5.74) is -0.0206. The van der Waals surface area contributed by atoms with Crippen LogP contribution in [0, 0.1) is 0 Å². The number of hydrogen-bond donors (Lipinski definition) is 1. The maximum atomic E-state index is 10.1. The molecule has 1 aromatic rings. The zero-order chi connectivity index (χ0) is 10.6. The van der Waals surface area contributed by atoms with E-state index in [1.165, 1.54) is 0 Å². The van der Waals surface area contributed by atoms with E-state index in [-0.39, 0.29) is 0 Å². The Morgan fingerprint density at radius 3 is 2.86 bits per heavy atom. The molecule has 0 aliphatic carbocycles. The van der Waals surface area contributed by atoms with Crippen molar-refractivity contribution in [2.24, 2.45) is 0 Å². The van der Waals surface area contributed by atoms with Gasteiger partial charge in [-0.05, 0) is 31.0 Å². The number of rotatable bonds is 4. The smallest absolute Gasteiger partial charge is 0.119 e. The fraction of sp³-hybridized carbons (Fsp3) is 0.333. The molecule has 76 valence electrons. The third kappa shape index (κ3) is 2.36. The van der Waals surface area contributed by atoms with Crippen molar-refractivity contribution in [1.29, 1.82) is 0 Å². The highest BCUT2D eigenvalue weighted by atomic mass is 16.5. The van der Waals surface area contributed by atoms with Crippen LogP contribution in [-0.2, 0) is 5.60 Å². The molecule has 0 amide bonds. The van der Waals surface area contributed by atoms with Crippen molar-refractivity contribution in [2.75, 3.05) is 7.11 Å². The molecule has 0 aromatic heterocycles. The summed E-state index contributed by atoms with van der Waals surface area (Å²) in [6.07, 6.45) is 2.24. The van der Waals surface area contributed by atoms with E-state index in [0.29, 0.717) is 6.42 Å². The molecule has 1 atom stereocenters. The Balaban J connectivity index is 2.99. The maximum absolute atomic E-state index is 10.1. The highest BCUT2D eigenvalue weighted by Crippen LogP contribution is 2.27. The molecule has 0 saturated heterocycles. The van der Waals surface area contributed by atoms with Gasteiger partial charge < -0.3 is 9.84 Å². The zero-order valence-electron chi connectivity index (χ0n) is 8.66. The molecular formula is C12H16O2. The summed E-state index contributed by atoms with van der Waals surface area (Å²) in [7, 11) is 1.61. The first-order chi connectivity index (χ1) is 6.60. The molecule has 0 bridgehead atoms. The van der Waals surface area contributed by atoms with Gasteiger partial charge in [0.25, 0.3) is 0 Å². The highest BCUT2D eigenvalue weighted by molar-refractivity contribution is 5.32. The summed E-state index contributed by atoms with van der Waals surface area (Å²) >= 11 is 0. The van der Waals surface area contributed by atoms with Gasteiger partial charge >= 0.3 is 0 Å². The van der Waals surface area contributed by atoms with Crippen LogP contribution >= 0.6 is 0 Å². The molecule has 1 rings (SSSR count). The largest absolute Gasteiger partial charge is 0.497 e. The van der Waals surface area contributed by atoms with Crippen LogP contribution in [0.5, 0.6) is 5.75 Å². The van der Waals surface area contributed by atoms with Gasteiger partial charge in [0.1, 0.15) is 5.75 Å². The summed E-state index contributed by atoms with van der Waals surface area (Å²) < 4.78 is 5.09. The molecule has 0 heterocycles. The molecule has 0 unspecified atom stereocenters. The van der Waals surface area contributed by atoms with Crippen molar-refractivity contribution in [2.45, 2.75) is 18.9 Å². The van der Waals surface area contributed by atoms with E-state index in [1.54, 1.807) is 20.1 Å². The Morgan fingerprint density at radius 2 is 2.29 bits per heavy atom. The van der Waals surface area contributed by atoms with Crippen LogP contribution in [0.4, 0.5) is 0 Å². The molecular weight excluding hydrogens is 176 g/mol. The molecule has 1 aromatic carbocycles. The summed E-state index contributed by atoms with van der Waals surface area (Å²) in [6.45, 7) is 5.39. The van der Waals surface area contributed by atoms with Crippen molar-refractivity contribution in [1.82, 2.24) is 0 Å². The lowest BCUT2D eigenvalue weighted by molar-refractivity contribution is 0.0604. The Labute approximate surface area is 84.8 Å². The average molecular weight is 192 g/mol. The predicted molar refractivity (Wildman–Crippen MR) is 57.4 cm³/mol. The third-order valence-corrected chi connectivity index (χ3v) is 2.23. The number of hydrogen-bond acceptors (Lipinski definition) is 2. The number of methoxy groups -OCH3 is 1. The quantitative estimate of drug-likeness (QED) is 0.743. The van der Waals surface area contributed by atoms with Crippen LogP contribution in [0.25, 0.3) is 0 Å². The van der Waals surface area contributed by atoms with Crippen LogP contribution in [0.1, 0.15) is 18.9 Å². The molecule has 14 heavy (non-hydrogen) atoms. The second-order valence-electron chi connectivity index (χ2n) is 3.50. The molecule has 2 nitrogen and oxygen atoms in total. The number of aliphatic hydroxyl groups is 1. The van der Waals surface area contributed by atoms with Crippen LogP contribution in [-0.4, -0.2) is 12.2 Å². The van der Waals surface area contributed by atoms with Crippen LogP contribution in [0.15, 0.2) is 36.9 Å². The number of benzene rings is 1. The molecule has 1 N–H and O–H groups in total. The van der Waals surface area contributed by atoms with E-state index in [1.807, 2.05) is 24.3 Å². The molecule has 2 heteroatoms. The Bertz CT molecular complexity index is 316. The van der Waals surface area contributed by atoms with E-state index in [9.17, 15) is 5.11 Å². The maximum Gasteiger partial charge on any atom is 0.119 e. The standard InChI is InChI=1S/C12H16O2/c1-4-8-12(2,13)10-6-5-7-11(9-10)14-3/h4-7,9,13H,1,8H2,2-3H3/t12-/m1/s1. The van der Waals surface area contributed by atoms with Gasteiger partial charge in [-0.25, -0.2) is 0 Å². The summed E-state index contributed by atoms with van der Waals surface area (Å²) in [5, 5.41) is 10.1. The lowest BCUT2D eigenvalue weighted by Gasteiger charge is -2.22. The van der Waals surface area contributed by atoms with E-state index in [0.717, 1.165) is 11.3 Å². The first-order valence-corrected chi connectivity index (χ1v) is 4.58. The third-order valence-electron chi connectivity index (χ3n) is 2.23. The minimum atomic E-state index is -0.865. The molecule has 0 saturated carbocycles. The normalized spacial score (nSPS) is 14.5. The van der Waals surface area contributed by atoms with E-state index >= 15 is 0 Å². The zero-order valence-corrected chi connectivity index (χ0v) is 8.66. The highest BCUT2D eigenvalue weighted by Gasteiger charge is 2.21. The van der Waals surface area contributed by atoms with E-state index < -0.39 is 5.60 Å². The first-order valence-electron chi connectivity index (χ1n) is 4.58. The van der Waals surface area contributed by atoms with Crippen molar-refractivity contribution in [3.63, 3.8) is 0 Å². The van der Waals surface area contributed by atoms with Crippen molar-refractivity contribution in [3.05, 3.63) is 42.5 Å². The minimum absolute atomic E-state index is 0.528. The second-order valence-corrected chi connectivity index (χ2v) is 3.50. The van der Waals surface area contributed by atoms with Crippen molar-refractivity contribution >= 4 is 0 Å². The molecule has 0 radical (unpaired) electrons. The van der Waals surface area contributed by atoms with E-state index in [4.69, 9.17) is 4.74 Å². The van der Waals surface area contributed by atoms with Crippen LogP contribution < -0.4 is 4.74 Å². The second kappa shape index (κ2) is 4.29. The van der Waals surface area contributed by atoms with Gasteiger partial charge in [-0.2, -0.15) is 0 Å². The lowest BCUT2D eigenvalue weighted by Crippen LogP contribution is -2.19. The van der Waals surface area contributed by atoms with Gasteiger partial charge in [0.05, 0.1) is 12.7 Å². The lowest BCUT2D eigenvalue weighted by atomic mass is 9.92. The topological polar surface area (TPSA) is 29.5 Å². The molecule has 0 fully saturated rings. The summed E-state index contributed by atoms with van der Waals surface area (Å²) in [5.74, 6) is 0.756. The van der Waals surface area contributed by atoms with E-state index in [2.05, 4.69) is 6.58 Å². The fourth-order valence-electron chi connectivity index (χ4n) is 1.36. The number of ether oxygens (including phenoxy) is 1. The minimum Gasteiger partial charge on any atom is -0.497 e. The Morgan fingerprint density at radius 1 is 1.57 bits per heavy atom. The summed E-state index contributed by atoms with van der Waals surface area (Å²) in [4.78, 5) is 0. The van der Waals surface area contributed by atoms with Gasteiger partial charge in [-0.1, -0.05) is 18.2 Å². The molecule has 0 spiro atoms. The van der Waals surface area contributed by atoms with Crippen molar-refractivity contribution < 1.29 is 9.84 Å². The monoisotopic (exact) mass is 192 g/mol. The fourth-order valence-corrected chi connectivity index (χ4v) is 1.36. The Kier molecular flexibility index (Phi) is 3.31. The van der Waals surface area contributed by atoms with Gasteiger partial charge in [0.15, 0.2) is 0 Å². The summed E-state index contributed by atoms with van der Waals surface area (Å²) in [6, 6.07) is 7.44. The van der Waals surface area contributed by atoms with Crippen LogP contribution in [0.2, 0.25) is 0 Å². The SMILES string of the molecule is C=CC[C@@](C)(O)c1cccc(OC)c1. The molecule has 0 aliphatic heterocycles. The van der Waals surface area contributed by atoms with Crippen molar-refractivity contribution in [3.8, 4) is 5.75 Å². The van der Waals surface area contributed by atoms with Gasteiger partial charge in [-0.3, -0.25) is 0 Å². The first kappa shape index (κ1) is 10.8. The van der Waals surface area contributed by atoms with Gasteiger partial charge in [-0.15, -0.1) is 6.58 Å². The van der Waals surface area contributed by atoms with Gasteiger partial charge in [0, 0.05) is 0 Å². The van der Waals surface area contributed by atoms with Crippen LogP contribution in [0.3, 0.4) is 0 Å². The molecule has 0 aliphatic rings. The van der Waals surface area contributed by atoms with Gasteiger partial charge in [0.2, 0.25) is 0 Å². The Hall–Kier alpha value is -1.28.